The van der Waals surface area contributed by atoms with Crippen LogP contribution in [0.25, 0.3) is 10.9 Å². The minimum Gasteiger partial charge on any atom is -0.474 e. The number of aromatic amines is 1. The molecule has 136 valence electrons. The lowest BCUT2D eigenvalue weighted by Crippen LogP contribution is -2.31. The van der Waals surface area contributed by atoms with E-state index < -0.39 is 0 Å². The largest absolute Gasteiger partial charge is 0.474 e. The smallest absolute Gasteiger partial charge is 0.320 e. The fourth-order valence-corrected chi connectivity index (χ4v) is 2.68. The summed E-state index contributed by atoms with van der Waals surface area (Å²) in [6.07, 6.45) is 0. The molecule has 4 N–H and O–H groups in total. The molecule has 0 radical (unpaired) electrons. The van der Waals surface area contributed by atoms with Gasteiger partial charge in [-0.1, -0.05) is 30.3 Å². The molecule has 0 bridgehead atoms. The van der Waals surface area contributed by atoms with E-state index in [1.54, 1.807) is 13.0 Å². The molecule has 26 heavy (non-hydrogen) atoms. The van der Waals surface area contributed by atoms with Crippen LogP contribution in [0.5, 0.6) is 5.88 Å². The van der Waals surface area contributed by atoms with Gasteiger partial charge in [0.1, 0.15) is 12.4 Å². The van der Waals surface area contributed by atoms with Crippen molar-refractivity contribution in [3.8, 4) is 5.88 Å². The summed E-state index contributed by atoms with van der Waals surface area (Å²) in [5.74, 6) is 0.790. The van der Waals surface area contributed by atoms with Gasteiger partial charge in [0.25, 0.3) is 0 Å². The van der Waals surface area contributed by atoms with Gasteiger partial charge in [-0.15, -0.1) is 5.10 Å². The van der Waals surface area contributed by atoms with Crippen LogP contribution < -0.4 is 15.4 Å². The number of ether oxygens (including phenoxy) is 1. The number of aromatic nitrogens is 3. The van der Waals surface area contributed by atoms with Crippen molar-refractivity contribution < 1.29 is 14.6 Å². The van der Waals surface area contributed by atoms with Crippen molar-refractivity contribution in [1.29, 1.82) is 0 Å². The highest BCUT2D eigenvalue weighted by molar-refractivity contribution is 5.93. The Hall–Kier alpha value is -3.13. The molecule has 0 saturated heterocycles. The number of carbonyl (C=O) groups excluding carboxylic acids is 1. The van der Waals surface area contributed by atoms with Crippen LogP contribution in [-0.2, 0) is 0 Å². The van der Waals surface area contributed by atoms with E-state index in [4.69, 9.17) is 9.84 Å². The molecule has 3 aromatic rings. The molecule has 0 aliphatic heterocycles. The van der Waals surface area contributed by atoms with Gasteiger partial charge in [0.05, 0.1) is 29.2 Å². The molecule has 8 heteroatoms. The van der Waals surface area contributed by atoms with E-state index >= 15 is 0 Å². The minimum atomic E-state index is -0.344. The number of rotatable bonds is 6. The molecule has 0 spiro atoms. The second-order valence-electron chi connectivity index (χ2n) is 5.85. The molecule has 1 atom stereocenters. The van der Waals surface area contributed by atoms with Crippen LogP contribution in [0.3, 0.4) is 0 Å². The summed E-state index contributed by atoms with van der Waals surface area (Å²) in [7, 11) is 0. The minimum absolute atomic E-state index is 0.0970. The van der Waals surface area contributed by atoms with Gasteiger partial charge in [-0.2, -0.15) is 0 Å². The van der Waals surface area contributed by atoms with E-state index in [1.165, 1.54) is 0 Å². The lowest BCUT2D eigenvalue weighted by molar-refractivity contribution is 0.198. The van der Waals surface area contributed by atoms with Gasteiger partial charge < -0.3 is 15.2 Å². The highest BCUT2D eigenvalue weighted by Crippen LogP contribution is 2.27. The molecule has 0 aliphatic carbocycles. The number of aryl methyl sites for hydroxylation is 1. The standard InChI is InChI=1S/C18H21N5O3/c1-11(13-6-4-3-5-7-13)20-18(25)21-15-10-14-16(12(2)19-15)17(23-22-14)26-9-8-24/h3-7,10-11,24H,8-9H2,1-2H3,(H,22,23)(H2,19,20,21,25)/t11-/m1/s1. The summed E-state index contributed by atoms with van der Waals surface area (Å²) in [4.78, 5) is 16.6. The summed E-state index contributed by atoms with van der Waals surface area (Å²) < 4.78 is 5.38. The fraction of sp³-hybridized carbons (Fsp3) is 0.278. The lowest BCUT2D eigenvalue weighted by Gasteiger charge is -2.15. The maximum absolute atomic E-state index is 12.2. The molecule has 2 amide bonds. The van der Waals surface area contributed by atoms with Crippen molar-refractivity contribution in [2.24, 2.45) is 0 Å². The Morgan fingerprint density at radius 2 is 2.12 bits per heavy atom. The van der Waals surface area contributed by atoms with Crippen LogP contribution in [0.2, 0.25) is 0 Å². The number of aliphatic hydroxyl groups excluding tert-OH is 1. The highest BCUT2D eigenvalue weighted by atomic mass is 16.5. The Kier molecular flexibility index (Phi) is 5.33. The van der Waals surface area contributed by atoms with E-state index in [-0.39, 0.29) is 25.3 Å². The van der Waals surface area contributed by atoms with E-state index in [1.807, 2.05) is 37.3 Å². The Labute approximate surface area is 150 Å². The van der Waals surface area contributed by atoms with E-state index in [9.17, 15) is 4.79 Å². The van der Waals surface area contributed by atoms with Crippen molar-refractivity contribution in [1.82, 2.24) is 20.5 Å². The number of amides is 2. The van der Waals surface area contributed by atoms with Gasteiger partial charge in [-0.3, -0.25) is 10.4 Å². The van der Waals surface area contributed by atoms with Crippen molar-refractivity contribution >= 4 is 22.8 Å². The first-order chi connectivity index (χ1) is 12.6. The number of H-pyrrole nitrogens is 1. The number of pyridine rings is 1. The molecule has 0 saturated carbocycles. The molecule has 3 rings (SSSR count). The van der Waals surface area contributed by atoms with Crippen molar-refractivity contribution in [2.45, 2.75) is 19.9 Å². The first kappa shape index (κ1) is 17.7. The Morgan fingerprint density at radius 3 is 2.85 bits per heavy atom. The van der Waals surface area contributed by atoms with Crippen molar-refractivity contribution in [3.63, 3.8) is 0 Å². The highest BCUT2D eigenvalue weighted by Gasteiger charge is 2.14. The van der Waals surface area contributed by atoms with Crippen LogP contribution >= 0.6 is 0 Å². The zero-order valence-corrected chi connectivity index (χ0v) is 14.6. The molecule has 2 aromatic heterocycles. The second kappa shape index (κ2) is 7.83. The Balaban J connectivity index is 1.71. The normalized spacial score (nSPS) is 12.0. The van der Waals surface area contributed by atoms with Crippen LogP contribution in [0.15, 0.2) is 36.4 Å². The van der Waals surface area contributed by atoms with Crippen LogP contribution in [0.4, 0.5) is 10.6 Å². The average molecular weight is 355 g/mol. The average Bonchev–Trinajstić information content (AvgIpc) is 3.04. The number of hydrogen-bond donors (Lipinski definition) is 4. The number of fused-ring (bicyclic) bond motifs is 1. The summed E-state index contributed by atoms with van der Waals surface area (Å²) in [5, 5.41) is 22.1. The number of carbonyl (C=O) groups is 1. The molecule has 2 heterocycles. The quantitative estimate of drug-likeness (QED) is 0.543. The number of nitrogens with zero attached hydrogens (tertiary/aromatic N) is 2. The van der Waals surface area contributed by atoms with E-state index in [0.717, 1.165) is 10.9 Å². The number of benzene rings is 1. The van der Waals surface area contributed by atoms with Gasteiger partial charge in [-0.25, -0.2) is 9.78 Å². The molecule has 8 nitrogen and oxygen atoms in total. The molecule has 0 aliphatic rings. The third-order valence-corrected chi connectivity index (χ3v) is 3.91. The Morgan fingerprint density at radius 1 is 1.35 bits per heavy atom. The third-order valence-electron chi connectivity index (χ3n) is 3.91. The molecule has 1 aromatic carbocycles. The van der Waals surface area contributed by atoms with Crippen LogP contribution in [-0.4, -0.2) is 39.5 Å². The van der Waals surface area contributed by atoms with Crippen LogP contribution in [0.1, 0.15) is 24.2 Å². The lowest BCUT2D eigenvalue weighted by atomic mass is 10.1. The number of aliphatic hydroxyl groups is 1. The zero-order valence-electron chi connectivity index (χ0n) is 14.6. The van der Waals surface area contributed by atoms with Gasteiger partial charge in [0, 0.05) is 6.07 Å². The van der Waals surface area contributed by atoms with Gasteiger partial charge in [0.15, 0.2) is 0 Å². The summed E-state index contributed by atoms with van der Waals surface area (Å²) in [6.45, 7) is 3.77. The first-order valence-electron chi connectivity index (χ1n) is 8.30. The Bertz CT molecular complexity index is 894. The summed E-state index contributed by atoms with van der Waals surface area (Å²) in [5.41, 5.74) is 2.37. The SMILES string of the molecule is Cc1nc(NC(=O)N[C@H](C)c2ccccc2)cc2[nH]nc(OCCO)c12. The van der Waals surface area contributed by atoms with Gasteiger partial charge in [-0.05, 0) is 19.4 Å². The van der Waals surface area contributed by atoms with E-state index in [0.29, 0.717) is 22.9 Å². The number of urea groups is 1. The third kappa shape index (κ3) is 3.92. The topological polar surface area (TPSA) is 112 Å². The number of nitrogens with one attached hydrogen (secondary N) is 3. The van der Waals surface area contributed by atoms with Gasteiger partial charge >= 0.3 is 6.03 Å². The van der Waals surface area contributed by atoms with E-state index in [2.05, 4.69) is 25.8 Å². The van der Waals surface area contributed by atoms with Gasteiger partial charge in [0.2, 0.25) is 5.88 Å². The fourth-order valence-electron chi connectivity index (χ4n) is 2.68. The predicted octanol–water partition coefficient (Wildman–Crippen LogP) is 2.52. The monoisotopic (exact) mass is 355 g/mol. The second-order valence-corrected chi connectivity index (χ2v) is 5.85. The molecular formula is C18H21N5O3. The van der Waals surface area contributed by atoms with Crippen molar-refractivity contribution in [2.75, 3.05) is 18.5 Å². The van der Waals surface area contributed by atoms with Crippen LogP contribution in [0, 0.1) is 6.92 Å². The molecule has 0 unspecified atom stereocenters. The summed E-state index contributed by atoms with van der Waals surface area (Å²) >= 11 is 0. The molecule has 0 fully saturated rings. The zero-order chi connectivity index (χ0) is 18.5. The maximum atomic E-state index is 12.2. The first-order valence-corrected chi connectivity index (χ1v) is 8.30. The predicted molar refractivity (Wildman–Crippen MR) is 98.2 cm³/mol. The number of hydrogen-bond acceptors (Lipinski definition) is 5. The summed E-state index contributed by atoms with van der Waals surface area (Å²) in [6, 6.07) is 10.9. The molecular weight excluding hydrogens is 334 g/mol. The van der Waals surface area contributed by atoms with Crippen molar-refractivity contribution in [3.05, 3.63) is 47.7 Å². The number of anilines is 1. The maximum Gasteiger partial charge on any atom is 0.320 e.